The van der Waals surface area contributed by atoms with Crippen molar-refractivity contribution in [1.29, 1.82) is 0 Å². The number of halogens is 1. The fourth-order valence-electron chi connectivity index (χ4n) is 4.58. The van der Waals surface area contributed by atoms with Gasteiger partial charge in [-0.2, -0.15) is 14.9 Å². The first-order valence-electron chi connectivity index (χ1n) is 14.0. The van der Waals surface area contributed by atoms with Gasteiger partial charge in [0.15, 0.2) is 0 Å². The number of methoxy groups -OCH3 is 1. The minimum absolute atomic E-state index is 0.0400. The Balaban J connectivity index is 1.45. The molecule has 5 aromatic rings. The number of aromatic nitrogens is 8. The van der Waals surface area contributed by atoms with Crippen LogP contribution in [-0.4, -0.2) is 74.3 Å². The van der Waals surface area contributed by atoms with Crippen molar-refractivity contribution in [3.8, 4) is 16.8 Å². The number of sulfonamides is 1. The van der Waals surface area contributed by atoms with Crippen molar-refractivity contribution < 1.29 is 22.7 Å². The van der Waals surface area contributed by atoms with Gasteiger partial charge in [0.05, 0.1) is 35.8 Å². The highest BCUT2D eigenvalue weighted by molar-refractivity contribution is 7.89. The van der Waals surface area contributed by atoms with Gasteiger partial charge in [0.1, 0.15) is 11.2 Å². The molecule has 0 aliphatic carbocycles. The Kier molecular flexibility index (Phi) is 10.1. The van der Waals surface area contributed by atoms with Crippen LogP contribution in [0.25, 0.3) is 22.9 Å². The summed E-state index contributed by atoms with van der Waals surface area (Å²) in [5.74, 6) is -0.618. The number of H-pyrrole nitrogens is 1. The summed E-state index contributed by atoms with van der Waals surface area (Å²) in [5.41, 5.74) is 2.01. The molecule has 19 heteroatoms. The van der Waals surface area contributed by atoms with E-state index in [1.54, 1.807) is 56.4 Å². The molecular formula is C29H28ClN11O6S. The molecule has 0 spiro atoms. The maximum Gasteiger partial charge on any atom is 0.411 e. The van der Waals surface area contributed by atoms with Gasteiger partial charge in [-0.3, -0.25) is 19.6 Å². The normalized spacial score (nSPS) is 12.2. The first-order valence-corrected chi connectivity index (χ1v) is 15.9. The molecule has 0 aliphatic rings. The SMILES string of the molecule is COC(=O)Nc1ccc(-c2cc(C(CNS(=O)(=O)c3cn(C)nc3C)NC(=O)/C=C/c3cc(Cl)ccc3-n3cnnn3)n[nH]c2=O)cc1. The van der Waals surface area contributed by atoms with E-state index in [-0.39, 0.29) is 28.4 Å². The number of hydrogen-bond acceptors (Lipinski definition) is 11. The van der Waals surface area contributed by atoms with Gasteiger partial charge in [0, 0.05) is 42.1 Å². The van der Waals surface area contributed by atoms with Crippen LogP contribution in [0.1, 0.15) is 23.0 Å². The average molecular weight is 694 g/mol. The number of amides is 2. The highest BCUT2D eigenvalue weighted by Crippen LogP contribution is 2.23. The van der Waals surface area contributed by atoms with Gasteiger partial charge in [0.25, 0.3) is 5.56 Å². The molecule has 3 heterocycles. The van der Waals surface area contributed by atoms with Crippen LogP contribution in [0.15, 0.2) is 76.8 Å². The van der Waals surface area contributed by atoms with E-state index in [9.17, 15) is 22.8 Å². The molecule has 0 radical (unpaired) electrons. The predicted molar refractivity (Wildman–Crippen MR) is 174 cm³/mol. The molecule has 0 saturated carbocycles. The van der Waals surface area contributed by atoms with Gasteiger partial charge in [-0.25, -0.2) is 23.0 Å². The lowest BCUT2D eigenvalue weighted by molar-refractivity contribution is -0.117. The zero-order valence-corrected chi connectivity index (χ0v) is 27.2. The van der Waals surface area contributed by atoms with Crippen LogP contribution >= 0.6 is 11.6 Å². The second-order valence-corrected chi connectivity index (χ2v) is 12.4. The number of carbonyl (C=O) groups excluding carboxylic acids is 2. The fourth-order valence-corrected chi connectivity index (χ4v) is 6.03. The number of nitrogens with one attached hydrogen (secondary N) is 4. The lowest BCUT2D eigenvalue weighted by Crippen LogP contribution is -2.38. The molecular weight excluding hydrogens is 666 g/mol. The number of benzene rings is 2. The highest BCUT2D eigenvalue weighted by Gasteiger charge is 2.24. The lowest BCUT2D eigenvalue weighted by atomic mass is 10.0. The molecule has 1 atom stereocenters. The molecule has 5 rings (SSSR count). The number of nitrogens with zero attached hydrogens (tertiary/aromatic N) is 7. The molecule has 2 aromatic carbocycles. The van der Waals surface area contributed by atoms with E-state index in [1.165, 1.54) is 47.2 Å². The number of tetrazole rings is 1. The summed E-state index contributed by atoms with van der Waals surface area (Å²) in [6.07, 6.45) is 4.80. The smallest absolute Gasteiger partial charge is 0.411 e. The number of aromatic amines is 1. The third-order valence-electron chi connectivity index (χ3n) is 6.86. The van der Waals surface area contributed by atoms with Gasteiger partial charge in [-0.15, -0.1) is 5.10 Å². The van der Waals surface area contributed by atoms with Crippen molar-refractivity contribution in [1.82, 2.24) is 50.2 Å². The minimum atomic E-state index is -4.07. The zero-order chi connectivity index (χ0) is 34.4. The molecule has 0 saturated heterocycles. The summed E-state index contributed by atoms with van der Waals surface area (Å²) < 4.78 is 36.3. The van der Waals surface area contributed by atoms with Crippen LogP contribution in [0, 0.1) is 6.92 Å². The third-order valence-corrected chi connectivity index (χ3v) is 8.62. The van der Waals surface area contributed by atoms with E-state index < -0.39 is 33.6 Å². The van der Waals surface area contributed by atoms with Crippen molar-refractivity contribution in [3.05, 3.63) is 99.5 Å². The van der Waals surface area contributed by atoms with E-state index in [2.05, 4.69) is 50.9 Å². The van der Waals surface area contributed by atoms with Crippen molar-refractivity contribution in [2.45, 2.75) is 17.9 Å². The van der Waals surface area contributed by atoms with Crippen molar-refractivity contribution >= 4 is 45.4 Å². The molecule has 0 aliphatic heterocycles. The first-order chi connectivity index (χ1) is 22.9. The summed E-state index contributed by atoms with van der Waals surface area (Å²) in [4.78, 5) is 37.6. The Hall–Kier alpha value is -5.72. The third kappa shape index (κ3) is 7.97. The highest BCUT2D eigenvalue weighted by atomic mass is 35.5. The summed E-state index contributed by atoms with van der Waals surface area (Å²) in [6, 6.07) is 11.6. The molecule has 3 aromatic heterocycles. The van der Waals surface area contributed by atoms with Crippen LogP contribution in [0.4, 0.5) is 10.5 Å². The maximum absolute atomic E-state index is 13.3. The Bertz CT molecular complexity index is 2150. The predicted octanol–water partition coefficient (Wildman–Crippen LogP) is 2.14. The molecule has 17 nitrogen and oxygen atoms in total. The van der Waals surface area contributed by atoms with Crippen LogP contribution in [0.3, 0.4) is 0 Å². The van der Waals surface area contributed by atoms with Gasteiger partial charge in [0.2, 0.25) is 15.9 Å². The Labute approximate surface area is 278 Å². The van der Waals surface area contributed by atoms with Gasteiger partial charge in [-0.05, 0) is 65.4 Å². The quantitative estimate of drug-likeness (QED) is 0.147. The lowest BCUT2D eigenvalue weighted by Gasteiger charge is -2.18. The molecule has 0 bridgehead atoms. The number of ether oxygens (including phenoxy) is 1. The van der Waals surface area contributed by atoms with Gasteiger partial charge >= 0.3 is 6.09 Å². The molecule has 2 amide bonds. The van der Waals surface area contributed by atoms with Crippen LogP contribution in [0.2, 0.25) is 5.02 Å². The molecule has 48 heavy (non-hydrogen) atoms. The Morgan fingerprint density at radius 1 is 1.15 bits per heavy atom. The summed E-state index contributed by atoms with van der Waals surface area (Å²) in [5, 5.41) is 27.4. The number of aryl methyl sites for hydroxylation is 2. The van der Waals surface area contributed by atoms with Crippen LogP contribution < -0.4 is 20.9 Å². The minimum Gasteiger partial charge on any atom is -0.453 e. The zero-order valence-electron chi connectivity index (χ0n) is 25.6. The molecule has 248 valence electrons. The van der Waals surface area contributed by atoms with E-state index in [1.807, 2.05) is 0 Å². The monoisotopic (exact) mass is 693 g/mol. The maximum atomic E-state index is 13.3. The largest absolute Gasteiger partial charge is 0.453 e. The number of hydrogen-bond donors (Lipinski definition) is 4. The standard InChI is InChI=1S/C29H28ClN11O6S/c1-17-26(15-40(2)37-17)48(45,46)32-14-24(34-27(42)11-6-19-12-20(30)7-10-25(19)41-16-31-38-39-41)23-13-22(28(43)36-35-23)18-4-8-21(9-5-18)33-29(44)47-3/h4-13,15-16,24,32H,14H2,1-3H3,(H,33,44)(H,34,42)(H,36,43)/b11-6+. The molecule has 1 unspecified atom stereocenters. The topological polar surface area (TPSA) is 221 Å². The Morgan fingerprint density at radius 3 is 2.58 bits per heavy atom. The number of anilines is 1. The van der Waals surface area contributed by atoms with Crippen molar-refractivity contribution in [3.63, 3.8) is 0 Å². The van der Waals surface area contributed by atoms with E-state index in [4.69, 9.17) is 11.6 Å². The number of carbonyl (C=O) groups is 2. The summed E-state index contributed by atoms with van der Waals surface area (Å²) in [6.45, 7) is 1.21. The van der Waals surface area contributed by atoms with Crippen LogP contribution in [-0.2, 0) is 26.6 Å². The van der Waals surface area contributed by atoms with Crippen LogP contribution in [0.5, 0.6) is 0 Å². The number of rotatable bonds is 11. The van der Waals surface area contributed by atoms with E-state index in [0.717, 1.165) is 0 Å². The van der Waals surface area contributed by atoms with Gasteiger partial charge in [-0.1, -0.05) is 23.7 Å². The van der Waals surface area contributed by atoms with E-state index >= 15 is 0 Å². The molecule has 0 fully saturated rings. The summed E-state index contributed by atoms with van der Waals surface area (Å²) in [7, 11) is -1.25. The molecule has 4 N–H and O–H groups in total. The first kappa shape index (κ1) is 33.6. The Morgan fingerprint density at radius 2 is 1.92 bits per heavy atom. The van der Waals surface area contributed by atoms with Crippen molar-refractivity contribution in [2.24, 2.45) is 7.05 Å². The van der Waals surface area contributed by atoms with Gasteiger partial charge < -0.3 is 10.1 Å². The average Bonchev–Trinajstić information content (AvgIpc) is 3.72. The second kappa shape index (κ2) is 14.4. The fraction of sp³-hybridized carbons (Fsp3) is 0.172. The second-order valence-electron chi connectivity index (χ2n) is 10.2. The van der Waals surface area contributed by atoms with E-state index in [0.29, 0.717) is 27.5 Å². The van der Waals surface area contributed by atoms with Crippen molar-refractivity contribution in [2.75, 3.05) is 19.0 Å². The summed E-state index contributed by atoms with van der Waals surface area (Å²) >= 11 is 6.19.